The van der Waals surface area contributed by atoms with Crippen LogP contribution in [0.4, 0.5) is 0 Å². The molecule has 1 heteroatoms. The van der Waals surface area contributed by atoms with Crippen molar-refractivity contribution < 1.29 is 0 Å². The fourth-order valence-electron chi connectivity index (χ4n) is 1.56. The average Bonchev–Trinajstić information content (AvgIpc) is 2.47. The monoisotopic (exact) mass is 260 g/mol. The number of halogens is 1. The summed E-state index contributed by atoms with van der Waals surface area (Å²) in [6.45, 7) is 2.35. The van der Waals surface area contributed by atoms with Gasteiger partial charge in [-0.25, -0.2) is 0 Å². The minimum atomic E-state index is -0.626. The Hall–Kier alpha value is -0.0500. The molecule has 0 fully saturated rings. The van der Waals surface area contributed by atoms with Crippen LogP contribution in [0.3, 0.4) is 0 Å². The summed E-state index contributed by atoms with van der Waals surface area (Å²) in [6.07, 6.45) is 1.37. The molecule has 0 radical (unpaired) electrons. The van der Waals surface area contributed by atoms with E-state index in [0.717, 1.165) is 0 Å². The molecule has 1 aliphatic rings. The molecule has 0 aromatic heterocycles. The van der Waals surface area contributed by atoms with E-state index >= 15 is 0 Å². The molecule has 1 heterocycles. The van der Waals surface area contributed by atoms with Crippen LogP contribution in [0.15, 0.2) is 24.3 Å². The summed E-state index contributed by atoms with van der Waals surface area (Å²) in [5, 5.41) is 0. The molecule has 0 atom stereocenters. The van der Waals surface area contributed by atoms with Crippen molar-refractivity contribution in [2.24, 2.45) is 0 Å². The van der Waals surface area contributed by atoms with Crippen molar-refractivity contribution in [1.82, 2.24) is 0 Å². The second-order valence-corrected chi connectivity index (χ2v) is 9.12. The van der Waals surface area contributed by atoms with E-state index in [4.69, 9.17) is 0 Å². The Balaban J connectivity index is 2.39. The van der Waals surface area contributed by atoms with Gasteiger partial charge in [-0.05, 0) is 0 Å². The molecule has 0 saturated heterocycles. The molecule has 0 aliphatic carbocycles. The second-order valence-electron chi connectivity index (χ2n) is 2.75. The minimum absolute atomic E-state index is 0.626. The molecule has 11 heavy (non-hydrogen) atoms. The molecule has 1 aromatic rings. The summed E-state index contributed by atoms with van der Waals surface area (Å²) in [6, 6.07) is 9.04. The number of hydrogen-bond acceptors (Lipinski definition) is 0. The van der Waals surface area contributed by atoms with E-state index < -0.39 is 19.8 Å². The molecule has 0 saturated carbocycles. The van der Waals surface area contributed by atoms with Crippen molar-refractivity contribution in [3.63, 3.8) is 0 Å². The molecule has 0 unspecified atom stereocenters. The van der Waals surface area contributed by atoms with E-state index in [0.29, 0.717) is 0 Å². The molecule has 0 spiro atoms. The Morgan fingerprint density at radius 3 is 3.00 bits per heavy atom. The van der Waals surface area contributed by atoms with Crippen LogP contribution in [0, 0.1) is 3.57 Å². The first kappa shape index (κ1) is 7.59. The summed E-state index contributed by atoms with van der Waals surface area (Å²) < 4.78 is 4.75. The van der Waals surface area contributed by atoms with Crippen molar-refractivity contribution >= 4 is 19.8 Å². The van der Waals surface area contributed by atoms with Crippen molar-refractivity contribution in [2.45, 2.75) is 13.3 Å². The normalized spacial score (nSPS) is 18.5. The molecule has 1 aliphatic heterocycles. The Kier molecular flexibility index (Phi) is 2.16. The van der Waals surface area contributed by atoms with E-state index in [1.807, 2.05) is 0 Å². The van der Waals surface area contributed by atoms with Gasteiger partial charge in [0.1, 0.15) is 0 Å². The molecule has 1 aromatic carbocycles. The quantitative estimate of drug-likeness (QED) is 0.538. The van der Waals surface area contributed by atoms with Gasteiger partial charge in [0.25, 0.3) is 0 Å². The van der Waals surface area contributed by atoms with E-state index in [1.165, 1.54) is 15.3 Å². The summed E-state index contributed by atoms with van der Waals surface area (Å²) in [7, 11) is 0. The van der Waals surface area contributed by atoms with Crippen molar-refractivity contribution in [3.05, 3.63) is 33.4 Å². The summed E-state index contributed by atoms with van der Waals surface area (Å²) >= 11 is -0.626. The first-order valence-corrected chi connectivity index (χ1v) is 8.24. The van der Waals surface area contributed by atoms with Crippen LogP contribution < -0.4 is 0 Å². The number of fused-ring (bicyclic) bond motifs is 1. The van der Waals surface area contributed by atoms with E-state index in [9.17, 15) is 0 Å². The third-order valence-electron chi connectivity index (χ3n) is 2.16. The van der Waals surface area contributed by atoms with Crippen LogP contribution in [-0.2, 0) is 6.42 Å². The van der Waals surface area contributed by atoms with Gasteiger partial charge in [0.15, 0.2) is 0 Å². The summed E-state index contributed by atoms with van der Waals surface area (Å²) in [5.74, 6) is 0. The van der Waals surface area contributed by atoms with E-state index in [2.05, 4.69) is 31.2 Å². The van der Waals surface area contributed by atoms with Crippen LogP contribution in [0.25, 0.3) is 0 Å². The first-order valence-electron chi connectivity index (χ1n) is 4.11. The van der Waals surface area contributed by atoms with Gasteiger partial charge in [0.2, 0.25) is 0 Å². The maximum atomic E-state index is 2.36. The SMILES string of the molecule is CCI1CCc2ccccc21. The van der Waals surface area contributed by atoms with Gasteiger partial charge < -0.3 is 0 Å². The molecule has 0 N–H and O–H groups in total. The third-order valence-corrected chi connectivity index (χ3v) is 8.54. The predicted molar refractivity (Wildman–Crippen MR) is 58.3 cm³/mol. The molecular weight excluding hydrogens is 247 g/mol. The van der Waals surface area contributed by atoms with Crippen LogP contribution in [0.1, 0.15) is 12.5 Å². The fraction of sp³-hybridized carbons (Fsp3) is 0.400. The Morgan fingerprint density at radius 1 is 1.36 bits per heavy atom. The molecule has 0 amide bonds. The third kappa shape index (κ3) is 1.31. The zero-order valence-electron chi connectivity index (χ0n) is 6.81. The van der Waals surface area contributed by atoms with Gasteiger partial charge in [0, 0.05) is 0 Å². The standard InChI is InChI=1S/C10H13I/c1-2-11-8-7-9-5-3-4-6-10(9)11/h3-6H,2,7-8H2,1H3. The molecule has 0 bridgehead atoms. The number of rotatable bonds is 1. The summed E-state index contributed by atoms with van der Waals surface area (Å²) in [5.41, 5.74) is 1.65. The number of benzene rings is 1. The Morgan fingerprint density at radius 2 is 2.18 bits per heavy atom. The Bertz CT molecular complexity index is 255. The molecule has 60 valence electrons. The first-order chi connectivity index (χ1) is 5.42. The second kappa shape index (κ2) is 3.13. The zero-order valence-corrected chi connectivity index (χ0v) is 8.97. The van der Waals surface area contributed by atoms with E-state index in [-0.39, 0.29) is 0 Å². The van der Waals surface area contributed by atoms with Crippen molar-refractivity contribution in [2.75, 3.05) is 8.86 Å². The molecular formula is C10H13I. The van der Waals surface area contributed by atoms with E-state index in [1.54, 1.807) is 9.13 Å². The average molecular weight is 260 g/mol. The zero-order chi connectivity index (χ0) is 7.68. The number of alkyl halides is 2. The van der Waals surface area contributed by atoms with Gasteiger partial charge in [-0.15, -0.1) is 0 Å². The van der Waals surface area contributed by atoms with Crippen LogP contribution in [0.2, 0.25) is 0 Å². The summed E-state index contributed by atoms with van der Waals surface area (Å²) in [4.78, 5) is 0. The molecule has 2 rings (SSSR count). The van der Waals surface area contributed by atoms with Crippen LogP contribution in [-0.4, -0.2) is 8.86 Å². The number of hydrogen-bond donors (Lipinski definition) is 0. The predicted octanol–water partition coefficient (Wildman–Crippen LogP) is 2.94. The van der Waals surface area contributed by atoms with Crippen molar-refractivity contribution in [1.29, 1.82) is 0 Å². The van der Waals surface area contributed by atoms with Crippen LogP contribution in [0.5, 0.6) is 0 Å². The molecule has 0 nitrogen and oxygen atoms in total. The topological polar surface area (TPSA) is 0 Å². The van der Waals surface area contributed by atoms with Gasteiger partial charge in [-0.1, -0.05) is 0 Å². The van der Waals surface area contributed by atoms with Crippen molar-refractivity contribution in [3.8, 4) is 0 Å². The fourth-order valence-corrected chi connectivity index (χ4v) is 7.10. The number of aryl methyl sites for hydroxylation is 1. The Labute approximate surface area is 75.4 Å². The van der Waals surface area contributed by atoms with Gasteiger partial charge in [-0.2, -0.15) is 0 Å². The van der Waals surface area contributed by atoms with Gasteiger partial charge in [0.05, 0.1) is 0 Å². The van der Waals surface area contributed by atoms with Gasteiger partial charge in [-0.3, -0.25) is 0 Å². The maximum absolute atomic E-state index is 2.36. The van der Waals surface area contributed by atoms with Gasteiger partial charge >= 0.3 is 75.4 Å². The van der Waals surface area contributed by atoms with Crippen LogP contribution >= 0.6 is 19.8 Å².